The quantitative estimate of drug-likeness (QED) is 0.864. The molecule has 0 aromatic heterocycles. The molecule has 0 bridgehead atoms. The van der Waals surface area contributed by atoms with Gasteiger partial charge in [0.1, 0.15) is 0 Å². The molecule has 2 aliphatic rings. The van der Waals surface area contributed by atoms with E-state index in [4.69, 9.17) is 9.47 Å². The van der Waals surface area contributed by atoms with Crippen LogP contribution < -0.4 is 14.8 Å². The number of carbonyl (C=O) groups is 1. The third kappa shape index (κ3) is 3.18. The molecule has 1 unspecified atom stereocenters. The predicted molar refractivity (Wildman–Crippen MR) is 80.7 cm³/mol. The first-order valence-electron chi connectivity index (χ1n) is 7.62. The molecule has 2 aliphatic heterocycles. The highest BCUT2D eigenvalue weighted by molar-refractivity contribution is 5.76. The normalized spacial score (nSPS) is 24.3. The summed E-state index contributed by atoms with van der Waals surface area (Å²) in [5.41, 5.74) is 0.104. The zero-order valence-electron chi connectivity index (χ0n) is 12.8. The average Bonchev–Trinajstić information content (AvgIpc) is 2.96. The van der Waals surface area contributed by atoms with Gasteiger partial charge in [0.2, 0.25) is 12.7 Å². The van der Waals surface area contributed by atoms with Gasteiger partial charge < -0.3 is 19.9 Å². The van der Waals surface area contributed by atoms with E-state index in [0.717, 1.165) is 30.0 Å². The van der Waals surface area contributed by atoms with Crippen LogP contribution in [-0.2, 0) is 11.3 Å². The van der Waals surface area contributed by atoms with E-state index in [1.165, 1.54) is 0 Å². The maximum atomic E-state index is 11.6. The van der Waals surface area contributed by atoms with Crippen LogP contribution in [0.5, 0.6) is 11.5 Å². The molecule has 0 aliphatic carbocycles. The van der Waals surface area contributed by atoms with Crippen molar-refractivity contribution < 1.29 is 19.4 Å². The monoisotopic (exact) mass is 306 g/mol. The van der Waals surface area contributed by atoms with Crippen molar-refractivity contribution in [1.29, 1.82) is 0 Å². The van der Waals surface area contributed by atoms with Crippen molar-refractivity contribution in [2.75, 3.05) is 26.9 Å². The molecule has 0 spiro atoms. The number of nitrogens with one attached hydrogen (secondary N) is 1. The van der Waals surface area contributed by atoms with E-state index in [9.17, 15) is 9.90 Å². The highest BCUT2D eigenvalue weighted by Crippen LogP contribution is 2.36. The van der Waals surface area contributed by atoms with Crippen molar-refractivity contribution in [2.45, 2.75) is 31.4 Å². The zero-order chi connectivity index (χ0) is 15.6. The van der Waals surface area contributed by atoms with E-state index in [1.807, 2.05) is 18.2 Å². The number of likely N-dealkylation sites (tertiary alicyclic amines) is 1. The largest absolute Gasteiger partial charge is 0.454 e. The van der Waals surface area contributed by atoms with Crippen molar-refractivity contribution in [3.63, 3.8) is 0 Å². The Morgan fingerprint density at radius 3 is 3.14 bits per heavy atom. The maximum absolute atomic E-state index is 11.6. The smallest absolute Gasteiger partial charge is 0.231 e. The number of aliphatic hydroxyl groups is 1. The van der Waals surface area contributed by atoms with Gasteiger partial charge in [-0.25, -0.2) is 0 Å². The predicted octanol–water partition coefficient (Wildman–Crippen LogP) is 0.878. The lowest BCUT2D eigenvalue weighted by Crippen LogP contribution is -2.49. The minimum Gasteiger partial charge on any atom is -0.454 e. The first-order chi connectivity index (χ1) is 10.6. The van der Waals surface area contributed by atoms with Gasteiger partial charge in [0, 0.05) is 25.7 Å². The Hall–Kier alpha value is -1.79. The number of hydrogen-bond donors (Lipinski definition) is 2. The van der Waals surface area contributed by atoms with E-state index < -0.39 is 5.60 Å². The van der Waals surface area contributed by atoms with Gasteiger partial charge in [-0.1, -0.05) is 12.1 Å². The molecule has 1 atom stereocenters. The molecule has 0 saturated carbocycles. The molecule has 120 valence electrons. The third-order valence-corrected chi connectivity index (χ3v) is 4.27. The summed E-state index contributed by atoms with van der Waals surface area (Å²) in [6.07, 6.45) is 1.68. The lowest BCUT2D eigenvalue weighted by Gasteiger charge is -2.39. The zero-order valence-corrected chi connectivity index (χ0v) is 12.8. The highest BCUT2D eigenvalue weighted by Gasteiger charge is 2.35. The second-order valence-corrected chi connectivity index (χ2v) is 6.04. The number of rotatable bonds is 4. The summed E-state index contributed by atoms with van der Waals surface area (Å²) in [5, 5.41) is 13.2. The van der Waals surface area contributed by atoms with Crippen LogP contribution >= 0.6 is 0 Å². The van der Waals surface area contributed by atoms with Gasteiger partial charge in [-0.05, 0) is 25.5 Å². The molecule has 22 heavy (non-hydrogen) atoms. The van der Waals surface area contributed by atoms with E-state index in [1.54, 1.807) is 7.05 Å². The van der Waals surface area contributed by atoms with Crippen LogP contribution in [0.3, 0.4) is 0 Å². The Bertz CT molecular complexity index is 563. The first kappa shape index (κ1) is 15.1. The van der Waals surface area contributed by atoms with Gasteiger partial charge in [0.25, 0.3) is 0 Å². The number of nitrogens with zero attached hydrogens (tertiary/aromatic N) is 1. The Morgan fingerprint density at radius 1 is 1.45 bits per heavy atom. The standard InChI is InChI=1S/C16H22N2O4/c1-17-14(19)8-16(20)6-3-7-18(10-16)9-12-4-2-5-13-15(12)22-11-21-13/h2,4-5,20H,3,6-11H2,1H3,(H,17,19). The molecule has 2 N–H and O–H groups in total. The van der Waals surface area contributed by atoms with Crippen molar-refractivity contribution in [3.05, 3.63) is 23.8 Å². The first-order valence-corrected chi connectivity index (χ1v) is 7.62. The van der Waals surface area contributed by atoms with E-state index >= 15 is 0 Å². The fraction of sp³-hybridized carbons (Fsp3) is 0.562. The van der Waals surface area contributed by atoms with Crippen molar-refractivity contribution in [3.8, 4) is 11.5 Å². The van der Waals surface area contributed by atoms with Gasteiger partial charge in [0.05, 0.1) is 12.0 Å². The van der Waals surface area contributed by atoms with E-state index in [2.05, 4.69) is 10.2 Å². The molecule has 1 fully saturated rings. The number of benzene rings is 1. The number of para-hydroxylation sites is 1. The molecular formula is C16H22N2O4. The molecular weight excluding hydrogens is 284 g/mol. The van der Waals surface area contributed by atoms with E-state index in [-0.39, 0.29) is 19.1 Å². The number of β-amino-alcohol motifs (C(OH)–C–C–N with tert-alkyl or cyclic N) is 1. The van der Waals surface area contributed by atoms with Gasteiger partial charge in [-0.3, -0.25) is 9.69 Å². The van der Waals surface area contributed by atoms with Crippen LogP contribution in [0, 0.1) is 0 Å². The van der Waals surface area contributed by atoms with Gasteiger partial charge >= 0.3 is 0 Å². The summed E-state index contributed by atoms with van der Waals surface area (Å²) in [4.78, 5) is 13.7. The molecule has 1 saturated heterocycles. The SMILES string of the molecule is CNC(=O)CC1(O)CCCN(Cc2cccc3c2OCO3)C1. The third-order valence-electron chi connectivity index (χ3n) is 4.27. The lowest BCUT2D eigenvalue weighted by atomic mass is 9.89. The topological polar surface area (TPSA) is 71.0 Å². The second-order valence-electron chi connectivity index (χ2n) is 6.04. The van der Waals surface area contributed by atoms with Crippen molar-refractivity contribution >= 4 is 5.91 Å². The minimum atomic E-state index is -0.951. The van der Waals surface area contributed by atoms with Crippen LogP contribution in [0.25, 0.3) is 0 Å². The van der Waals surface area contributed by atoms with Crippen LogP contribution in [0.15, 0.2) is 18.2 Å². The van der Waals surface area contributed by atoms with Crippen LogP contribution in [0.4, 0.5) is 0 Å². The number of amides is 1. The van der Waals surface area contributed by atoms with Gasteiger partial charge in [-0.2, -0.15) is 0 Å². The summed E-state index contributed by atoms with van der Waals surface area (Å²) >= 11 is 0. The Kier molecular flexibility index (Phi) is 4.22. The van der Waals surface area contributed by atoms with Crippen molar-refractivity contribution in [2.24, 2.45) is 0 Å². The molecule has 1 aromatic carbocycles. The van der Waals surface area contributed by atoms with Gasteiger partial charge in [-0.15, -0.1) is 0 Å². The summed E-state index contributed by atoms with van der Waals surface area (Å²) in [6, 6.07) is 5.85. The molecule has 0 radical (unpaired) electrons. The molecule has 1 aromatic rings. The lowest BCUT2D eigenvalue weighted by molar-refractivity contribution is -0.128. The maximum Gasteiger partial charge on any atom is 0.231 e. The van der Waals surface area contributed by atoms with Crippen LogP contribution in [0.2, 0.25) is 0 Å². The van der Waals surface area contributed by atoms with Crippen molar-refractivity contribution in [1.82, 2.24) is 10.2 Å². The van der Waals surface area contributed by atoms with Gasteiger partial charge in [0.15, 0.2) is 11.5 Å². The number of fused-ring (bicyclic) bond motifs is 1. The molecule has 6 heteroatoms. The Morgan fingerprint density at radius 2 is 2.32 bits per heavy atom. The van der Waals surface area contributed by atoms with Crippen LogP contribution in [-0.4, -0.2) is 48.4 Å². The summed E-state index contributed by atoms with van der Waals surface area (Å²) in [5.74, 6) is 1.44. The molecule has 3 rings (SSSR count). The minimum absolute atomic E-state index is 0.123. The summed E-state index contributed by atoms with van der Waals surface area (Å²) in [7, 11) is 1.59. The van der Waals surface area contributed by atoms with Crippen LogP contribution in [0.1, 0.15) is 24.8 Å². The number of carbonyl (C=O) groups excluding carboxylic acids is 1. The Balaban J connectivity index is 1.68. The molecule has 1 amide bonds. The summed E-state index contributed by atoms with van der Waals surface area (Å²) < 4.78 is 10.9. The molecule has 6 nitrogen and oxygen atoms in total. The number of hydrogen-bond acceptors (Lipinski definition) is 5. The Labute approximate surface area is 130 Å². The second kappa shape index (κ2) is 6.14. The highest BCUT2D eigenvalue weighted by atomic mass is 16.7. The summed E-state index contributed by atoms with van der Waals surface area (Å²) in [6.45, 7) is 2.33. The van der Waals surface area contributed by atoms with E-state index in [0.29, 0.717) is 19.5 Å². The average molecular weight is 306 g/mol. The number of ether oxygens (including phenoxy) is 2. The molecule has 2 heterocycles. The fourth-order valence-corrected chi connectivity index (χ4v) is 3.23. The number of piperidine rings is 1. The fourth-order valence-electron chi connectivity index (χ4n) is 3.23.